The van der Waals surface area contributed by atoms with E-state index in [-0.39, 0.29) is 0 Å². The molecule has 0 atom stereocenters. The van der Waals surface area contributed by atoms with Crippen molar-refractivity contribution in [3.8, 4) is 0 Å². The summed E-state index contributed by atoms with van der Waals surface area (Å²) in [6.45, 7) is 3.51. The Morgan fingerprint density at radius 1 is 1.36 bits per heavy atom. The Balaban J connectivity index is 2.84. The molecule has 0 N–H and O–H groups in total. The number of ether oxygens (including phenoxy) is 1. The zero-order valence-electron chi connectivity index (χ0n) is 7.44. The molecule has 0 radical (unpaired) electrons. The van der Waals surface area contributed by atoms with E-state index in [4.69, 9.17) is 11.6 Å². The standard InChI is InChI=1S/C11H9ClO2/c1-2-10(14-11(12)13)8-9-6-4-3-5-7-9/h2-8H,1H2. The lowest BCUT2D eigenvalue weighted by molar-refractivity contribution is 0.207. The highest BCUT2D eigenvalue weighted by atomic mass is 35.5. The van der Waals surface area contributed by atoms with Gasteiger partial charge in [0.2, 0.25) is 0 Å². The van der Waals surface area contributed by atoms with Crippen LogP contribution in [0.4, 0.5) is 4.79 Å². The molecule has 2 nitrogen and oxygen atoms in total. The van der Waals surface area contributed by atoms with Crippen molar-refractivity contribution < 1.29 is 9.53 Å². The number of carbonyl (C=O) groups is 1. The largest absolute Gasteiger partial charge is 0.415 e. The lowest BCUT2D eigenvalue weighted by atomic mass is 10.2. The van der Waals surface area contributed by atoms with E-state index in [0.29, 0.717) is 5.76 Å². The van der Waals surface area contributed by atoms with Crippen molar-refractivity contribution in [2.45, 2.75) is 0 Å². The van der Waals surface area contributed by atoms with Crippen LogP contribution >= 0.6 is 11.6 Å². The topological polar surface area (TPSA) is 26.3 Å². The van der Waals surface area contributed by atoms with Crippen LogP contribution in [0, 0.1) is 0 Å². The van der Waals surface area contributed by atoms with Gasteiger partial charge >= 0.3 is 5.43 Å². The summed E-state index contributed by atoms with van der Waals surface area (Å²) in [6, 6.07) is 9.43. The van der Waals surface area contributed by atoms with Gasteiger partial charge in [0.25, 0.3) is 0 Å². The fraction of sp³-hybridized carbons (Fsp3) is 0. The van der Waals surface area contributed by atoms with Crippen LogP contribution in [0.5, 0.6) is 0 Å². The molecule has 0 unspecified atom stereocenters. The molecule has 0 saturated heterocycles. The van der Waals surface area contributed by atoms with E-state index in [1.807, 2.05) is 30.3 Å². The molecular formula is C11H9ClO2. The molecule has 0 aromatic heterocycles. The molecule has 0 heterocycles. The second-order valence-electron chi connectivity index (χ2n) is 2.50. The van der Waals surface area contributed by atoms with Gasteiger partial charge in [0.05, 0.1) is 0 Å². The van der Waals surface area contributed by atoms with Gasteiger partial charge in [0.1, 0.15) is 5.76 Å². The second-order valence-corrected chi connectivity index (χ2v) is 2.81. The van der Waals surface area contributed by atoms with E-state index in [9.17, 15) is 4.79 Å². The predicted molar refractivity (Wildman–Crippen MR) is 57.0 cm³/mol. The van der Waals surface area contributed by atoms with Crippen LogP contribution in [-0.4, -0.2) is 5.43 Å². The summed E-state index contributed by atoms with van der Waals surface area (Å²) in [4.78, 5) is 10.5. The van der Waals surface area contributed by atoms with Gasteiger partial charge in [-0.25, -0.2) is 4.79 Å². The highest BCUT2D eigenvalue weighted by Gasteiger charge is 1.99. The minimum atomic E-state index is -0.868. The van der Waals surface area contributed by atoms with Crippen molar-refractivity contribution in [3.05, 3.63) is 54.3 Å². The molecule has 0 fully saturated rings. The average molecular weight is 209 g/mol. The zero-order chi connectivity index (χ0) is 10.4. The number of allylic oxidation sites excluding steroid dienone is 1. The Morgan fingerprint density at radius 2 is 2.00 bits per heavy atom. The van der Waals surface area contributed by atoms with Gasteiger partial charge in [-0.3, -0.25) is 0 Å². The molecule has 0 aliphatic heterocycles. The summed E-state index contributed by atoms with van der Waals surface area (Å²) < 4.78 is 4.67. The molecule has 0 bridgehead atoms. The van der Waals surface area contributed by atoms with Crippen LogP contribution < -0.4 is 0 Å². The van der Waals surface area contributed by atoms with Gasteiger partial charge in [-0.2, -0.15) is 0 Å². The Bertz CT molecular complexity index is 355. The first kappa shape index (κ1) is 10.5. The third kappa shape index (κ3) is 3.46. The zero-order valence-corrected chi connectivity index (χ0v) is 8.20. The Kier molecular flexibility index (Phi) is 3.95. The molecule has 1 rings (SSSR count). The average Bonchev–Trinajstić information content (AvgIpc) is 2.17. The predicted octanol–water partition coefficient (Wildman–Crippen LogP) is 3.59. The first-order chi connectivity index (χ1) is 6.72. The van der Waals surface area contributed by atoms with Crippen molar-refractivity contribution in [2.24, 2.45) is 0 Å². The van der Waals surface area contributed by atoms with Gasteiger partial charge in [-0.1, -0.05) is 36.9 Å². The molecule has 1 aromatic rings. The summed E-state index contributed by atoms with van der Waals surface area (Å²) in [5, 5.41) is 0. The highest BCUT2D eigenvalue weighted by molar-refractivity contribution is 6.61. The molecule has 1 aromatic carbocycles. The van der Waals surface area contributed by atoms with Crippen LogP contribution in [-0.2, 0) is 4.74 Å². The van der Waals surface area contributed by atoms with Crippen LogP contribution in [0.3, 0.4) is 0 Å². The third-order valence-electron chi connectivity index (χ3n) is 1.51. The molecule has 0 aliphatic carbocycles. The number of carbonyl (C=O) groups excluding carboxylic acids is 1. The third-order valence-corrected chi connectivity index (χ3v) is 1.58. The van der Waals surface area contributed by atoms with Crippen LogP contribution in [0.15, 0.2) is 48.7 Å². The Morgan fingerprint density at radius 3 is 2.50 bits per heavy atom. The lowest BCUT2D eigenvalue weighted by Crippen LogP contribution is -1.91. The van der Waals surface area contributed by atoms with Crippen molar-refractivity contribution in [2.75, 3.05) is 0 Å². The first-order valence-electron chi connectivity index (χ1n) is 3.99. The molecule has 0 saturated carbocycles. The van der Waals surface area contributed by atoms with E-state index in [0.717, 1.165) is 5.56 Å². The maximum Gasteiger partial charge on any atom is 0.409 e. The second kappa shape index (κ2) is 5.25. The molecule has 14 heavy (non-hydrogen) atoms. The SMILES string of the molecule is C=CC(=Cc1ccccc1)OC(=O)Cl. The minimum Gasteiger partial charge on any atom is -0.415 e. The molecule has 0 aliphatic rings. The van der Waals surface area contributed by atoms with Gasteiger partial charge in [0.15, 0.2) is 0 Å². The number of benzene rings is 1. The van der Waals surface area contributed by atoms with E-state index < -0.39 is 5.43 Å². The molecule has 3 heteroatoms. The Hall–Kier alpha value is -1.54. The normalized spacial score (nSPS) is 10.8. The molecule has 72 valence electrons. The van der Waals surface area contributed by atoms with E-state index in [1.54, 1.807) is 6.08 Å². The lowest BCUT2D eigenvalue weighted by Gasteiger charge is -1.99. The maximum atomic E-state index is 10.5. The van der Waals surface area contributed by atoms with Gasteiger partial charge in [0, 0.05) is 11.6 Å². The maximum absolute atomic E-state index is 10.5. The molecule has 0 spiro atoms. The fourth-order valence-electron chi connectivity index (χ4n) is 0.936. The van der Waals surface area contributed by atoms with E-state index >= 15 is 0 Å². The Labute approximate surface area is 87.5 Å². The van der Waals surface area contributed by atoms with Crippen molar-refractivity contribution in [1.29, 1.82) is 0 Å². The van der Waals surface area contributed by atoms with Gasteiger partial charge in [-0.15, -0.1) is 0 Å². The van der Waals surface area contributed by atoms with Crippen LogP contribution in [0.2, 0.25) is 0 Å². The van der Waals surface area contributed by atoms with E-state index in [2.05, 4.69) is 11.3 Å². The molecular weight excluding hydrogens is 200 g/mol. The number of rotatable bonds is 3. The van der Waals surface area contributed by atoms with Gasteiger partial charge < -0.3 is 4.74 Å². The summed E-state index contributed by atoms with van der Waals surface area (Å²) in [7, 11) is 0. The van der Waals surface area contributed by atoms with Crippen molar-refractivity contribution >= 4 is 23.1 Å². The fourth-order valence-corrected chi connectivity index (χ4v) is 1.03. The number of hydrogen-bond acceptors (Lipinski definition) is 2. The summed E-state index contributed by atoms with van der Waals surface area (Å²) in [5.74, 6) is 0.330. The number of halogens is 1. The van der Waals surface area contributed by atoms with E-state index in [1.165, 1.54) is 6.08 Å². The minimum absolute atomic E-state index is 0.330. The summed E-state index contributed by atoms with van der Waals surface area (Å²) >= 11 is 5.07. The van der Waals surface area contributed by atoms with Crippen LogP contribution in [0.25, 0.3) is 6.08 Å². The summed E-state index contributed by atoms with van der Waals surface area (Å²) in [5.41, 5.74) is 0.0485. The van der Waals surface area contributed by atoms with Crippen molar-refractivity contribution in [1.82, 2.24) is 0 Å². The van der Waals surface area contributed by atoms with Crippen molar-refractivity contribution in [3.63, 3.8) is 0 Å². The first-order valence-corrected chi connectivity index (χ1v) is 4.36. The number of hydrogen-bond donors (Lipinski definition) is 0. The van der Waals surface area contributed by atoms with Gasteiger partial charge in [-0.05, 0) is 17.7 Å². The molecule has 0 amide bonds. The van der Waals surface area contributed by atoms with Crippen LogP contribution in [0.1, 0.15) is 5.56 Å². The summed E-state index contributed by atoms with van der Waals surface area (Å²) in [6.07, 6.45) is 3.10. The quantitative estimate of drug-likeness (QED) is 0.431. The highest BCUT2D eigenvalue weighted by Crippen LogP contribution is 2.09. The smallest absolute Gasteiger partial charge is 0.409 e. The monoisotopic (exact) mass is 208 g/mol.